The molecule has 0 radical (unpaired) electrons. The van der Waals surface area contributed by atoms with Crippen LogP contribution < -0.4 is 5.73 Å². The standard InChI is InChI=1S/C18H17BrN2O2/c19-14-7-5-12(6-8-14)10-21-11-13(9-16(20)18(22)23)15-3-1-2-4-17(15)21/h1-8,11,16H,9-10,20H2,(H,22,23). The summed E-state index contributed by atoms with van der Waals surface area (Å²) in [5, 5.41) is 10.1. The third-order valence-electron chi connectivity index (χ3n) is 3.89. The normalized spacial score (nSPS) is 12.4. The molecule has 23 heavy (non-hydrogen) atoms. The van der Waals surface area contributed by atoms with Gasteiger partial charge in [-0.05, 0) is 29.3 Å². The van der Waals surface area contributed by atoms with E-state index in [1.165, 1.54) is 5.56 Å². The van der Waals surface area contributed by atoms with E-state index in [4.69, 9.17) is 10.8 Å². The summed E-state index contributed by atoms with van der Waals surface area (Å²) in [5.41, 5.74) is 8.94. The van der Waals surface area contributed by atoms with Gasteiger partial charge in [0.1, 0.15) is 6.04 Å². The molecule has 0 bridgehead atoms. The van der Waals surface area contributed by atoms with E-state index < -0.39 is 12.0 Å². The van der Waals surface area contributed by atoms with Gasteiger partial charge in [0.05, 0.1) is 0 Å². The van der Waals surface area contributed by atoms with Gasteiger partial charge >= 0.3 is 5.97 Å². The molecule has 0 saturated carbocycles. The first-order chi connectivity index (χ1) is 11.0. The van der Waals surface area contributed by atoms with Crippen molar-refractivity contribution in [1.82, 2.24) is 4.57 Å². The zero-order valence-corrected chi connectivity index (χ0v) is 14.0. The summed E-state index contributed by atoms with van der Waals surface area (Å²) in [7, 11) is 0. The van der Waals surface area contributed by atoms with Gasteiger partial charge in [-0.25, -0.2) is 0 Å². The number of hydrogen-bond donors (Lipinski definition) is 2. The van der Waals surface area contributed by atoms with E-state index >= 15 is 0 Å². The van der Waals surface area contributed by atoms with Crippen LogP contribution in [0.5, 0.6) is 0 Å². The number of aromatic nitrogens is 1. The molecule has 0 aliphatic carbocycles. The second-order valence-electron chi connectivity index (χ2n) is 5.57. The number of para-hydroxylation sites is 1. The van der Waals surface area contributed by atoms with Crippen molar-refractivity contribution in [2.45, 2.75) is 19.0 Å². The summed E-state index contributed by atoms with van der Waals surface area (Å²) in [4.78, 5) is 11.0. The van der Waals surface area contributed by atoms with Crippen molar-refractivity contribution in [2.24, 2.45) is 5.73 Å². The summed E-state index contributed by atoms with van der Waals surface area (Å²) < 4.78 is 3.19. The Labute approximate surface area is 142 Å². The maximum atomic E-state index is 11.0. The van der Waals surface area contributed by atoms with Gasteiger partial charge in [-0.15, -0.1) is 0 Å². The summed E-state index contributed by atoms with van der Waals surface area (Å²) in [6, 6.07) is 15.3. The average molecular weight is 373 g/mol. The van der Waals surface area contributed by atoms with Crippen LogP contribution in [0.3, 0.4) is 0 Å². The average Bonchev–Trinajstić information content (AvgIpc) is 2.88. The molecule has 1 atom stereocenters. The molecule has 0 fully saturated rings. The van der Waals surface area contributed by atoms with Crippen molar-refractivity contribution in [3.8, 4) is 0 Å². The fraction of sp³-hybridized carbons (Fsp3) is 0.167. The van der Waals surface area contributed by atoms with Crippen molar-refractivity contribution < 1.29 is 9.90 Å². The van der Waals surface area contributed by atoms with Crippen molar-refractivity contribution in [3.63, 3.8) is 0 Å². The molecule has 3 rings (SSSR count). The highest BCUT2D eigenvalue weighted by molar-refractivity contribution is 9.10. The smallest absolute Gasteiger partial charge is 0.320 e. The lowest BCUT2D eigenvalue weighted by Crippen LogP contribution is -2.32. The van der Waals surface area contributed by atoms with Crippen LogP contribution in [0.4, 0.5) is 0 Å². The van der Waals surface area contributed by atoms with Crippen molar-refractivity contribution in [2.75, 3.05) is 0 Å². The third kappa shape index (κ3) is 3.46. The molecule has 0 aliphatic rings. The quantitative estimate of drug-likeness (QED) is 0.720. The lowest BCUT2D eigenvalue weighted by molar-refractivity contribution is -0.138. The van der Waals surface area contributed by atoms with E-state index in [9.17, 15) is 4.79 Å². The highest BCUT2D eigenvalue weighted by Crippen LogP contribution is 2.24. The summed E-state index contributed by atoms with van der Waals surface area (Å²) in [6.45, 7) is 0.732. The summed E-state index contributed by atoms with van der Waals surface area (Å²) in [6.07, 6.45) is 2.33. The zero-order valence-electron chi connectivity index (χ0n) is 12.4. The van der Waals surface area contributed by atoms with Gasteiger partial charge in [-0.2, -0.15) is 0 Å². The largest absolute Gasteiger partial charge is 0.480 e. The molecule has 2 aromatic carbocycles. The maximum absolute atomic E-state index is 11.0. The minimum atomic E-state index is -0.977. The highest BCUT2D eigenvalue weighted by atomic mass is 79.9. The number of carbonyl (C=O) groups is 1. The SMILES string of the molecule is NC(Cc1cn(Cc2ccc(Br)cc2)c2ccccc12)C(=O)O. The number of rotatable bonds is 5. The number of nitrogens with zero attached hydrogens (tertiary/aromatic N) is 1. The molecule has 1 heterocycles. The Hall–Kier alpha value is -2.11. The van der Waals surface area contributed by atoms with Gasteiger partial charge < -0.3 is 15.4 Å². The topological polar surface area (TPSA) is 68.2 Å². The summed E-state index contributed by atoms with van der Waals surface area (Å²) >= 11 is 3.44. The molecule has 3 N–H and O–H groups in total. The number of carboxylic acid groups (broad SMARTS) is 1. The molecule has 3 aromatic rings. The molecular formula is C18H17BrN2O2. The number of nitrogens with two attached hydrogens (primary N) is 1. The van der Waals surface area contributed by atoms with Crippen LogP contribution in [-0.4, -0.2) is 21.7 Å². The van der Waals surface area contributed by atoms with Crippen LogP contribution in [0, 0.1) is 0 Å². The van der Waals surface area contributed by atoms with Gasteiger partial charge in [0, 0.05) is 34.5 Å². The van der Waals surface area contributed by atoms with E-state index in [0.29, 0.717) is 6.42 Å². The number of benzene rings is 2. The van der Waals surface area contributed by atoms with E-state index in [1.807, 2.05) is 42.6 Å². The first kappa shape index (κ1) is 15.8. The van der Waals surface area contributed by atoms with Crippen molar-refractivity contribution >= 4 is 32.8 Å². The van der Waals surface area contributed by atoms with Crippen molar-refractivity contribution in [1.29, 1.82) is 0 Å². The Bertz CT molecular complexity index is 840. The predicted molar refractivity (Wildman–Crippen MR) is 94.5 cm³/mol. The molecule has 0 aliphatic heterocycles. The lowest BCUT2D eigenvalue weighted by atomic mass is 10.1. The van der Waals surface area contributed by atoms with Crippen LogP contribution in [0.1, 0.15) is 11.1 Å². The Kier molecular flexibility index (Phi) is 4.50. The molecule has 5 heteroatoms. The molecule has 0 saturated heterocycles. The van der Waals surface area contributed by atoms with E-state index in [2.05, 4.69) is 32.6 Å². The fourth-order valence-corrected chi connectivity index (χ4v) is 2.99. The zero-order chi connectivity index (χ0) is 16.4. The minimum Gasteiger partial charge on any atom is -0.480 e. The van der Waals surface area contributed by atoms with Gasteiger partial charge in [0.25, 0.3) is 0 Å². The third-order valence-corrected chi connectivity index (χ3v) is 4.42. The molecule has 1 aromatic heterocycles. The Balaban J connectivity index is 1.97. The number of halogens is 1. The van der Waals surface area contributed by atoms with Gasteiger partial charge in [-0.1, -0.05) is 46.3 Å². The highest BCUT2D eigenvalue weighted by Gasteiger charge is 2.16. The first-order valence-electron chi connectivity index (χ1n) is 7.34. The summed E-state index contributed by atoms with van der Waals surface area (Å²) in [5.74, 6) is -0.977. The van der Waals surface area contributed by atoms with Gasteiger partial charge in [0.15, 0.2) is 0 Å². The fourth-order valence-electron chi connectivity index (χ4n) is 2.73. The molecule has 0 spiro atoms. The molecule has 1 unspecified atom stereocenters. The molecule has 118 valence electrons. The van der Waals surface area contributed by atoms with E-state index in [0.717, 1.165) is 27.5 Å². The van der Waals surface area contributed by atoms with E-state index in [-0.39, 0.29) is 0 Å². The van der Waals surface area contributed by atoms with Crippen LogP contribution >= 0.6 is 15.9 Å². The Morgan fingerprint density at radius 1 is 1.17 bits per heavy atom. The van der Waals surface area contributed by atoms with Crippen LogP contribution in [-0.2, 0) is 17.8 Å². The van der Waals surface area contributed by atoms with Crippen LogP contribution in [0.2, 0.25) is 0 Å². The van der Waals surface area contributed by atoms with Gasteiger partial charge in [0.2, 0.25) is 0 Å². The van der Waals surface area contributed by atoms with Crippen LogP contribution in [0.25, 0.3) is 10.9 Å². The maximum Gasteiger partial charge on any atom is 0.320 e. The Morgan fingerprint density at radius 3 is 2.57 bits per heavy atom. The number of aliphatic carboxylic acids is 1. The van der Waals surface area contributed by atoms with Crippen molar-refractivity contribution in [3.05, 3.63) is 70.3 Å². The first-order valence-corrected chi connectivity index (χ1v) is 8.13. The number of carboxylic acids is 1. The molecular weight excluding hydrogens is 356 g/mol. The van der Waals surface area contributed by atoms with Gasteiger partial charge in [-0.3, -0.25) is 4.79 Å². The lowest BCUT2D eigenvalue weighted by Gasteiger charge is -2.06. The van der Waals surface area contributed by atoms with E-state index in [1.54, 1.807) is 0 Å². The Morgan fingerprint density at radius 2 is 1.87 bits per heavy atom. The number of fused-ring (bicyclic) bond motifs is 1. The monoisotopic (exact) mass is 372 g/mol. The molecule has 4 nitrogen and oxygen atoms in total. The second-order valence-corrected chi connectivity index (χ2v) is 6.49. The molecule has 0 amide bonds. The predicted octanol–water partition coefficient (Wildman–Crippen LogP) is 3.41. The second kappa shape index (κ2) is 6.56. The number of hydrogen-bond acceptors (Lipinski definition) is 2. The minimum absolute atomic E-state index is 0.323. The van der Waals surface area contributed by atoms with Crippen LogP contribution in [0.15, 0.2) is 59.2 Å².